The third-order valence-corrected chi connectivity index (χ3v) is 3.23. The summed E-state index contributed by atoms with van der Waals surface area (Å²) in [6, 6.07) is 8.80. The largest absolute Gasteiger partial charge is 0.207 e. The van der Waals surface area contributed by atoms with Crippen LogP contribution in [0.5, 0.6) is 0 Å². The maximum Gasteiger partial charge on any atom is 0.172 e. The first kappa shape index (κ1) is 12.0. The fourth-order valence-corrected chi connectivity index (χ4v) is 2.22. The van der Waals surface area contributed by atoms with E-state index in [2.05, 4.69) is 0 Å². The summed E-state index contributed by atoms with van der Waals surface area (Å²) in [5, 5.41) is 0. The van der Waals surface area contributed by atoms with Gasteiger partial charge in [-0.25, -0.2) is 13.2 Å². The van der Waals surface area contributed by atoms with Gasteiger partial charge in [-0.05, 0) is 25.1 Å². The minimum Gasteiger partial charge on any atom is -0.207 e. The van der Waals surface area contributed by atoms with Gasteiger partial charge in [-0.1, -0.05) is 29.5 Å². The van der Waals surface area contributed by atoms with Crippen molar-refractivity contribution in [3.63, 3.8) is 0 Å². The van der Waals surface area contributed by atoms with Crippen LogP contribution >= 0.6 is 11.8 Å². The lowest BCUT2D eigenvalue weighted by molar-refractivity contribution is 0.477. The molecule has 0 bridgehead atoms. The molecule has 4 heteroatoms. The molecule has 0 aromatic heterocycles. The summed E-state index contributed by atoms with van der Waals surface area (Å²) in [4.78, 5) is 0.686. The summed E-state index contributed by atoms with van der Waals surface area (Å²) in [5.41, 5.74) is 1.07. The van der Waals surface area contributed by atoms with Crippen LogP contribution in [0.25, 0.3) is 0 Å². The monoisotopic (exact) mass is 254 g/mol. The third-order valence-electron chi connectivity index (χ3n) is 2.21. The van der Waals surface area contributed by atoms with Gasteiger partial charge in [0.15, 0.2) is 11.6 Å². The molecule has 0 unspecified atom stereocenters. The fourth-order valence-electron chi connectivity index (χ4n) is 1.34. The number of benzene rings is 2. The fraction of sp³-hybridized carbons (Fsp3) is 0.0769. The standard InChI is InChI=1S/C13H9F3S/c1-8-2-4-10(5-3-8)17-12-7-9(14)6-11(15)13(12)16/h2-7H,1H3. The second kappa shape index (κ2) is 4.84. The number of rotatable bonds is 2. The quantitative estimate of drug-likeness (QED) is 0.708. The van der Waals surface area contributed by atoms with Gasteiger partial charge < -0.3 is 0 Å². The van der Waals surface area contributed by atoms with Gasteiger partial charge in [-0.15, -0.1) is 0 Å². The molecule has 0 N–H and O–H groups in total. The smallest absolute Gasteiger partial charge is 0.172 e. The van der Waals surface area contributed by atoms with E-state index in [0.29, 0.717) is 6.07 Å². The summed E-state index contributed by atoms with van der Waals surface area (Å²) in [6.45, 7) is 1.93. The molecular weight excluding hydrogens is 245 g/mol. The number of hydrogen-bond donors (Lipinski definition) is 0. The van der Waals surface area contributed by atoms with Gasteiger partial charge in [0, 0.05) is 11.0 Å². The molecule has 0 nitrogen and oxygen atoms in total. The van der Waals surface area contributed by atoms with Crippen LogP contribution in [0.15, 0.2) is 46.2 Å². The predicted octanol–water partition coefficient (Wildman–Crippen LogP) is 4.56. The highest BCUT2D eigenvalue weighted by molar-refractivity contribution is 7.99. The van der Waals surface area contributed by atoms with Gasteiger partial charge in [0.25, 0.3) is 0 Å². The van der Waals surface area contributed by atoms with Gasteiger partial charge in [-0.2, -0.15) is 0 Å². The van der Waals surface area contributed by atoms with Crippen molar-refractivity contribution in [2.24, 2.45) is 0 Å². The molecule has 88 valence electrons. The van der Waals surface area contributed by atoms with Crippen molar-refractivity contribution in [1.82, 2.24) is 0 Å². The van der Waals surface area contributed by atoms with Crippen LogP contribution < -0.4 is 0 Å². The Morgan fingerprint density at radius 2 is 1.59 bits per heavy atom. The lowest BCUT2D eigenvalue weighted by atomic mass is 10.2. The molecule has 2 aromatic carbocycles. The van der Waals surface area contributed by atoms with Crippen LogP contribution in [-0.4, -0.2) is 0 Å². The number of hydrogen-bond acceptors (Lipinski definition) is 1. The zero-order chi connectivity index (χ0) is 12.4. The van der Waals surface area contributed by atoms with Gasteiger partial charge >= 0.3 is 0 Å². The molecule has 0 aliphatic carbocycles. The molecule has 2 aromatic rings. The van der Waals surface area contributed by atoms with Crippen LogP contribution in [0.3, 0.4) is 0 Å². The SMILES string of the molecule is Cc1ccc(Sc2cc(F)cc(F)c2F)cc1. The molecule has 0 saturated carbocycles. The van der Waals surface area contributed by atoms with E-state index in [-0.39, 0.29) is 4.90 Å². The van der Waals surface area contributed by atoms with Crippen molar-refractivity contribution in [2.75, 3.05) is 0 Å². The Morgan fingerprint density at radius 3 is 2.24 bits per heavy atom. The Hall–Kier alpha value is -1.42. The van der Waals surface area contributed by atoms with E-state index >= 15 is 0 Å². The Labute approximate surface area is 101 Å². The van der Waals surface area contributed by atoms with Crippen LogP contribution in [0.2, 0.25) is 0 Å². The van der Waals surface area contributed by atoms with E-state index in [4.69, 9.17) is 0 Å². The lowest BCUT2D eigenvalue weighted by Gasteiger charge is -2.04. The Morgan fingerprint density at radius 1 is 0.941 bits per heavy atom. The van der Waals surface area contributed by atoms with E-state index in [9.17, 15) is 13.2 Å². The molecular formula is C13H9F3S. The van der Waals surface area contributed by atoms with Crippen LogP contribution in [-0.2, 0) is 0 Å². The Bertz CT molecular complexity index is 535. The van der Waals surface area contributed by atoms with Crippen molar-refractivity contribution in [1.29, 1.82) is 0 Å². The topological polar surface area (TPSA) is 0 Å². The highest BCUT2D eigenvalue weighted by Crippen LogP contribution is 2.31. The summed E-state index contributed by atoms with van der Waals surface area (Å²) < 4.78 is 39.3. The summed E-state index contributed by atoms with van der Waals surface area (Å²) >= 11 is 0.996. The average molecular weight is 254 g/mol. The van der Waals surface area contributed by atoms with Gasteiger partial charge in [0.1, 0.15) is 5.82 Å². The van der Waals surface area contributed by atoms with Crippen LogP contribution in [0.1, 0.15) is 5.56 Å². The van der Waals surface area contributed by atoms with Crippen molar-refractivity contribution in [3.05, 3.63) is 59.4 Å². The third kappa shape index (κ3) is 2.82. The minimum absolute atomic E-state index is 0.0497. The Kier molecular flexibility index (Phi) is 3.43. The predicted molar refractivity (Wildman–Crippen MR) is 61.6 cm³/mol. The zero-order valence-corrected chi connectivity index (χ0v) is 9.82. The summed E-state index contributed by atoms with van der Waals surface area (Å²) in [6.07, 6.45) is 0. The maximum atomic E-state index is 13.4. The van der Waals surface area contributed by atoms with Crippen molar-refractivity contribution in [2.45, 2.75) is 16.7 Å². The van der Waals surface area contributed by atoms with E-state index < -0.39 is 17.5 Å². The first-order valence-corrected chi connectivity index (χ1v) is 5.77. The Balaban J connectivity index is 2.32. The molecule has 0 atom stereocenters. The van der Waals surface area contributed by atoms with Crippen LogP contribution in [0, 0.1) is 24.4 Å². The maximum absolute atomic E-state index is 13.4. The molecule has 0 aliphatic rings. The van der Waals surface area contributed by atoms with Gasteiger partial charge in [-0.3, -0.25) is 0 Å². The summed E-state index contributed by atoms with van der Waals surface area (Å²) in [7, 11) is 0. The lowest BCUT2D eigenvalue weighted by Crippen LogP contribution is -1.90. The molecule has 0 radical (unpaired) electrons. The molecule has 0 amide bonds. The van der Waals surface area contributed by atoms with Crippen LogP contribution in [0.4, 0.5) is 13.2 Å². The normalized spacial score (nSPS) is 10.6. The van der Waals surface area contributed by atoms with E-state index in [0.717, 1.165) is 28.3 Å². The highest BCUT2D eigenvalue weighted by Gasteiger charge is 2.12. The summed E-state index contributed by atoms with van der Waals surface area (Å²) in [5.74, 6) is -2.96. The second-order valence-electron chi connectivity index (χ2n) is 3.61. The van der Waals surface area contributed by atoms with Crippen molar-refractivity contribution < 1.29 is 13.2 Å². The van der Waals surface area contributed by atoms with Gasteiger partial charge in [0.2, 0.25) is 0 Å². The molecule has 17 heavy (non-hydrogen) atoms. The van der Waals surface area contributed by atoms with Crippen molar-refractivity contribution in [3.8, 4) is 0 Å². The van der Waals surface area contributed by atoms with E-state index in [1.54, 1.807) is 12.1 Å². The first-order valence-electron chi connectivity index (χ1n) is 4.95. The average Bonchev–Trinajstić information content (AvgIpc) is 2.28. The zero-order valence-electron chi connectivity index (χ0n) is 9.01. The first-order chi connectivity index (χ1) is 8.06. The number of aryl methyl sites for hydroxylation is 1. The minimum atomic E-state index is -1.17. The molecule has 0 saturated heterocycles. The second-order valence-corrected chi connectivity index (χ2v) is 4.73. The van der Waals surface area contributed by atoms with E-state index in [1.807, 2.05) is 19.1 Å². The highest BCUT2D eigenvalue weighted by atomic mass is 32.2. The molecule has 0 heterocycles. The number of halogens is 3. The molecule has 0 spiro atoms. The van der Waals surface area contributed by atoms with Gasteiger partial charge in [0.05, 0.1) is 4.90 Å². The van der Waals surface area contributed by atoms with Crippen molar-refractivity contribution >= 4 is 11.8 Å². The van der Waals surface area contributed by atoms with E-state index in [1.165, 1.54) is 0 Å². The molecule has 0 aliphatic heterocycles. The molecule has 0 fully saturated rings. The molecule has 2 rings (SSSR count).